The number of allylic oxidation sites excluding steroid dienone is 1. The predicted molar refractivity (Wildman–Crippen MR) is 131 cm³/mol. The quantitative estimate of drug-likeness (QED) is 0.598. The average Bonchev–Trinajstić information content (AvgIpc) is 3.14. The van der Waals surface area contributed by atoms with Gasteiger partial charge in [0.05, 0.1) is 16.7 Å². The minimum Gasteiger partial charge on any atom is -0.288 e. The molecule has 0 saturated carbocycles. The molecule has 0 unspecified atom stereocenters. The van der Waals surface area contributed by atoms with E-state index in [0.717, 1.165) is 21.8 Å². The second-order valence-corrected chi connectivity index (χ2v) is 7.46. The van der Waals surface area contributed by atoms with E-state index in [2.05, 4.69) is 20.5 Å². The van der Waals surface area contributed by atoms with Gasteiger partial charge in [0.1, 0.15) is 12.4 Å². The van der Waals surface area contributed by atoms with E-state index in [-0.39, 0.29) is 6.54 Å². The smallest absolute Gasteiger partial charge is 0.145 e. The number of amidine groups is 1. The number of hydrogen-bond donors (Lipinski definition) is 2. The zero-order valence-corrected chi connectivity index (χ0v) is 18.2. The summed E-state index contributed by atoms with van der Waals surface area (Å²) in [5, 5.41) is 17.7. The Morgan fingerprint density at radius 2 is 1.81 bits per heavy atom. The van der Waals surface area contributed by atoms with Crippen LogP contribution in [0.2, 0.25) is 5.02 Å². The van der Waals surface area contributed by atoms with Crippen molar-refractivity contribution in [2.24, 2.45) is 15.1 Å². The molecule has 0 atom stereocenters. The third-order valence-electron chi connectivity index (χ3n) is 4.90. The molecule has 0 spiro atoms. The van der Waals surface area contributed by atoms with Crippen molar-refractivity contribution in [3.63, 3.8) is 0 Å². The molecule has 3 aromatic rings. The molecule has 32 heavy (non-hydrogen) atoms. The fourth-order valence-electron chi connectivity index (χ4n) is 3.38. The SMILES string of the molecule is C1=Cc2ccccc2NN=C1.CN=C1CN(O)C(c2ccccc2)=c2cc(Cl)ccc2=N1. The number of halogens is 1. The van der Waals surface area contributed by atoms with Crippen molar-refractivity contribution in [1.29, 1.82) is 0 Å². The molecule has 2 heterocycles. The molecule has 5 rings (SSSR count). The Bertz CT molecular complexity index is 1320. The number of nitrogens with zero attached hydrogens (tertiary/aromatic N) is 4. The normalized spacial score (nSPS) is 15.4. The first-order valence-corrected chi connectivity index (χ1v) is 10.4. The van der Waals surface area contributed by atoms with Gasteiger partial charge in [-0.05, 0) is 35.9 Å². The number of rotatable bonds is 1. The van der Waals surface area contributed by atoms with Crippen molar-refractivity contribution < 1.29 is 5.21 Å². The lowest BCUT2D eigenvalue weighted by atomic mass is 10.1. The Kier molecular flexibility index (Phi) is 6.75. The highest BCUT2D eigenvalue weighted by Gasteiger charge is 2.17. The summed E-state index contributed by atoms with van der Waals surface area (Å²) in [5.41, 5.74) is 6.73. The number of nitrogens with one attached hydrogen (secondary N) is 1. The molecular weight excluding hydrogens is 422 g/mol. The second-order valence-electron chi connectivity index (χ2n) is 7.02. The molecule has 2 aliphatic heterocycles. The number of fused-ring (bicyclic) bond motifs is 2. The van der Waals surface area contributed by atoms with E-state index < -0.39 is 0 Å². The van der Waals surface area contributed by atoms with Crippen LogP contribution in [0.15, 0.2) is 94.0 Å². The lowest BCUT2D eigenvalue weighted by molar-refractivity contribution is -0.0119. The van der Waals surface area contributed by atoms with Crippen LogP contribution in [0.4, 0.5) is 5.69 Å². The Balaban J connectivity index is 0.000000186. The van der Waals surface area contributed by atoms with E-state index in [4.69, 9.17) is 11.6 Å². The van der Waals surface area contributed by atoms with Crippen molar-refractivity contribution >= 4 is 41.1 Å². The number of hydroxylamine groups is 2. The van der Waals surface area contributed by atoms with Gasteiger partial charge in [0.2, 0.25) is 0 Å². The van der Waals surface area contributed by atoms with Crippen LogP contribution in [0.3, 0.4) is 0 Å². The van der Waals surface area contributed by atoms with Crippen LogP contribution in [0.25, 0.3) is 11.8 Å². The van der Waals surface area contributed by atoms with Gasteiger partial charge >= 0.3 is 0 Å². The molecule has 2 N–H and O–H groups in total. The summed E-state index contributed by atoms with van der Waals surface area (Å²) in [4.78, 5) is 8.60. The maximum atomic E-state index is 10.5. The van der Waals surface area contributed by atoms with E-state index in [0.29, 0.717) is 16.6 Å². The Labute approximate surface area is 191 Å². The molecule has 160 valence electrons. The van der Waals surface area contributed by atoms with Crippen molar-refractivity contribution in [3.05, 3.63) is 106 Å². The van der Waals surface area contributed by atoms with Crippen molar-refractivity contribution in [3.8, 4) is 0 Å². The van der Waals surface area contributed by atoms with Crippen LogP contribution in [0.5, 0.6) is 0 Å². The molecule has 0 amide bonds. The fourth-order valence-corrected chi connectivity index (χ4v) is 3.56. The lowest BCUT2D eigenvalue weighted by Gasteiger charge is -2.19. The fraction of sp³-hybridized carbons (Fsp3) is 0.0800. The van der Waals surface area contributed by atoms with E-state index in [1.807, 2.05) is 78.9 Å². The molecule has 2 aliphatic rings. The zero-order valence-electron chi connectivity index (χ0n) is 17.5. The lowest BCUT2D eigenvalue weighted by Crippen LogP contribution is -2.31. The summed E-state index contributed by atoms with van der Waals surface area (Å²) in [6.07, 6.45) is 5.68. The topological polar surface area (TPSA) is 72.6 Å². The minimum absolute atomic E-state index is 0.229. The van der Waals surface area contributed by atoms with Gasteiger partial charge in [0.15, 0.2) is 0 Å². The van der Waals surface area contributed by atoms with Crippen LogP contribution >= 0.6 is 11.6 Å². The number of hydrazone groups is 1. The minimum atomic E-state index is 0.229. The molecule has 6 nitrogen and oxygen atoms in total. The monoisotopic (exact) mass is 443 g/mol. The molecule has 3 aromatic carbocycles. The highest BCUT2D eigenvalue weighted by molar-refractivity contribution is 6.30. The summed E-state index contributed by atoms with van der Waals surface area (Å²) in [6.45, 7) is 0.229. The summed E-state index contributed by atoms with van der Waals surface area (Å²) in [7, 11) is 1.66. The van der Waals surface area contributed by atoms with E-state index >= 15 is 0 Å². The van der Waals surface area contributed by atoms with Crippen LogP contribution in [-0.2, 0) is 0 Å². The summed E-state index contributed by atoms with van der Waals surface area (Å²) < 4.78 is 0. The summed E-state index contributed by atoms with van der Waals surface area (Å²) in [5.74, 6) is 0.562. The number of benzene rings is 3. The Hall–Kier alpha value is -3.74. The van der Waals surface area contributed by atoms with Gasteiger partial charge in [0.25, 0.3) is 0 Å². The maximum absolute atomic E-state index is 10.5. The van der Waals surface area contributed by atoms with E-state index in [1.54, 1.807) is 19.3 Å². The molecule has 0 radical (unpaired) electrons. The first-order chi connectivity index (χ1) is 15.7. The van der Waals surface area contributed by atoms with E-state index in [9.17, 15) is 5.21 Å². The molecule has 0 bridgehead atoms. The van der Waals surface area contributed by atoms with Crippen molar-refractivity contribution in [2.45, 2.75) is 0 Å². The third-order valence-corrected chi connectivity index (χ3v) is 5.14. The average molecular weight is 444 g/mol. The maximum Gasteiger partial charge on any atom is 0.145 e. The number of anilines is 1. The van der Waals surface area contributed by atoms with Gasteiger partial charge < -0.3 is 0 Å². The number of para-hydroxylation sites is 1. The largest absolute Gasteiger partial charge is 0.288 e. The molecular formula is C25H22ClN5O. The standard InChI is InChI=1S/C16H14ClN3O.C9H8N2/c1-18-15-10-20(21)16(11-5-3-2-4-6-11)13-9-12(17)7-8-14(13)19-15;1-2-6-9-8(4-1)5-3-7-10-11-9/h2-9,21H,10H2,1H3;1-7,11H. The van der Waals surface area contributed by atoms with Crippen LogP contribution in [0.1, 0.15) is 11.1 Å². The Morgan fingerprint density at radius 3 is 2.62 bits per heavy atom. The molecule has 0 aliphatic carbocycles. The van der Waals surface area contributed by atoms with Gasteiger partial charge in [0, 0.05) is 29.1 Å². The first kappa shape index (κ1) is 21.5. The number of aliphatic imine (C=N–C) groups is 1. The zero-order chi connectivity index (χ0) is 22.3. The van der Waals surface area contributed by atoms with Crippen molar-refractivity contribution in [1.82, 2.24) is 5.06 Å². The highest BCUT2D eigenvalue weighted by atomic mass is 35.5. The van der Waals surface area contributed by atoms with Crippen LogP contribution < -0.4 is 16.0 Å². The third kappa shape index (κ3) is 4.94. The molecule has 0 saturated heterocycles. The van der Waals surface area contributed by atoms with Gasteiger partial charge in [-0.25, -0.2) is 10.1 Å². The molecule has 0 aromatic heterocycles. The molecule has 0 fully saturated rings. The predicted octanol–water partition coefficient (Wildman–Crippen LogP) is 3.96. The highest BCUT2D eigenvalue weighted by Crippen LogP contribution is 2.17. The van der Waals surface area contributed by atoms with E-state index in [1.165, 1.54) is 10.6 Å². The number of hydrogen-bond acceptors (Lipinski definition) is 5. The summed E-state index contributed by atoms with van der Waals surface area (Å²) in [6, 6.07) is 23.2. The molecule has 7 heteroatoms. The van der Waals surface area contributed by atoms with Gasteiger partial charge in [-0.15, -0.1) is 0 Å². The Morgan fingerprint density at radius 1 is 1.03 bits per heavy atom. The van der Waals surface area contributed by atoms with Gasteiger partial charge in [-0.1, -0.05) is 66.2 Å². The van der Waals surface area contributed by atoms with Crippen LogP contribution in [-0.4, -0.2) is 35.9 Å². The van der Waals surface area contributed by atoms with Crippen LogP contribution in [0, 0.1) is 0 Å². The van der Waals surface area contributed by atoms with Crippen molar-refractivity contribution in [2.75, 3.05) is 19.0 Å². The second kappa shape index (κ2) is 10.0. The first-order valence-electron chi connectivity index (χ1n) is 10.1. The van der Waals surface area contributed by atoms with Gasteiger partial charge in [-0.2, -0.15) is 5.10 Å². The van der Waals surface area contributed by atoms with Gasteiger partial charge in [-0.3, -0.25) is 15.6 Å². The summed E-state index contributed by atoms with van der Waals surface area (Å²) >= 11 is 6.12.